The van der Waals surface area contributed by atoms with Gasteiger partial charge in [0.05, 0.1) is 23.1 Å². The van der Waals surface area contributed by atoms with Gasteiger partial charge in [-0.1, -0.05) is 36.4 Å². The predicted octanol–water partition coefficient (Wildman–Crippen LogP) is 4.86. The van der Waals surface area contributed by atoms with Crippen molar-refractivity contribution in [2.45, 2.75) is 57.9 Å². The summed E-state index contributed by atoms with van der Waals surface area (Å²) in [5.74, 6) is 0.869. The minimum absolute atomic E-state index is 0.463. The van der Waals surface area contributed by atoms with Crippen LogP contribution in [0.1, 0.15) is 56.5 Å². The summed E-state index contributed by atoms with van der Waals surface area (Å²) in [6, 6.07) is 16.5. The maximum atomic E-state index is 11.6. The number of nitrogens with zero attached hydrogens (tertiary/aromatic N) is 3. The maximum Gasteiger partial charge on any atom is 0.313 e. The molecule has 0 bridgehead atoms. The van der Waals surface area contributed by atoms with Crippen LogP contribution in [0.3, 0.4) is 0 Å². The number of aromatic nitrogens is 2. The van der Waals surface area contributed by atoms with E-state index in [0.717, 1.165) is 63.1 Å². The van der Waals surface area contributed by atoms with Crippen LogP contribution in [0.2, 0.25) is 0 Å². The molecule has 1 N–H and O–H groups in total. The Bertz CT molecular complexity index is 1110. The number of hydrogen-bond donors (Lipinski definition) is 1. The van der Waals surface area contributed by atoms with Crippen LogP contribution in [0.15, 0.2) is 48.5 Å². The Morgan fingerprint density at radius 2 is 1.88 bits per heavy atom. The minimum atomic E-state index is -0.873. The van der Waals surface area contributed by atoms with Gasteiger partial charge in [0.1, 0.15) is 5.82 Å². The molecule has 1 saturated heterocycles. The fourth-order valence-corrected chi connectivity index (χ4v) is 4.88. The molecule has 4 rings (SSSR count). The quantitative estimate of drug-likeness (QED) is 0.435. The average molecular weight is 464 g/mol. The molecular formula is C28H37N3O3. The fraction of sp³-hybridized carbons (Fsp3) is 0.500. The van der Waals surface area contributed by atoms with E-state index in [4.69, 9.17) is 9.72 Å². The number of rotatable bonds is 10. The highest BCUT2D eigenvalue weighted by Gasteiger charge is 2.29. The molecule has 2 aromatic carbocycles. The van der Waals surface area contributed by atoms with Gasteiger partial charge in [-0.25, -0.2) is 4.98 Å². The predicted molar refractivity (Wildman–Crippen MR) is 135 cm³/mol. The summed E-state index contributed by atoms with van der Waals surface area (Å²) in [7, 11) is 0. The number of carboxylic acid groups (broad SMARTS) is 1. The Balaban J connectivity index is 1.38. The molecule has 34 heavy (non-hydrogen) atoms. The summed E-state index contributed by atoms with van der Waals surface area (Å²) < 4.78 is 8.00. The van der Waals surface area contributed by atoms with Gasteiger partial charge in [0.15, 0.2) is 0 Å². The van der Waals surface area contributed by atoms with Crippen LogP contribution in [-0.2, 0) is 27.9 Å². The van der Waals surface area contributed by atoms with Crippen LogP contribution in [0.25, 0.3) is 11.0 Å². The van der Waals surface area contributed by atoms with Crippen molar-refractivity contribution in [1.82, 2.24) is 14.5 Å². The summed E-state index contributed by atoms with van der Waals surface area (Å²) in [5, 5.41) is 9.54. The molecule has 1 aromatic heterocycles. The highest BCUT2D eigenvalue weighted by molar-refractivity contribution is 5.80. The normalized spacial score (nSPS) is 15.7. The molecule has 1 aliphatic rings. The second kappa shape index (κ2) is 10.7. The zero-order valence-electron chi connectivity index (χ0n) is 20.7. The number of imidazole rings is 1. The number of aliphatic carboxylic acids is 1. The van der Waals surface area contributed by atoms with E-state index in [1.54, 1.807) is 13.8 Å². The standard InChI is InChI=1S/C28H37N3O3/c1-4-34-19-18-31-25-11-6-5-10-24(25)29-26(31)22-13-16-30(17-14-22)15-12-21-8-7-9-23(20-21)28(2,3)27(32)33/h5-11,20,22H,4,12-19H2,1-3H3,(H,32,33). The number of benzene rings is 2. The van der Waals surface area contributed by atoms with Gasteiger partial charge in [-0.2, -0.15) is 0 Å². The Morgan fingerprint density at radius 3 is 2.62 bits per heavy atom. The zero-order chi connectivity index (χ0) is 24.1. The summed E-state index contributed by atoms with van der Waals surface area (Å²) in [6.07, 6.45) is 3.13. The van der Waals surface area contributed by atoms with Crippen LogP contribution in [0, 0.1) is 0 Å². The van der Waals surface area contributed by atoms with Gasteiger partial charge in [-0.15, -0.1) is 0 Å². The molecular weight excluding hydrogens is 426 g/mol. The number of carboxylic acids is 1. The van der Waals surface area contributed by atoms with Crippen molar-refractivity contribution in [3.05, 3.63) is 65.5 Å². The first kappa shape index (κ1) is 24.4. The number of carbonyl (C=O) groups is 1. The molecule has 0 aliphatic carbocycles. The Kier molecular flexibility index (Phi) is 7.69. The Morgan fingerprint density at radius 1 is 1.12 bits per heavy atom. The van der Waals surface area contributed by atoms with E-state index in [9.17, 15) is 9.90 Å². The molecule has 3 aromatic rings. The van der Waals surface area contributed by atoms with E-state index in [0.29, 0.717) is 12.5 Å². The second-order valence-corrected chi connectivity index (χ2v) is 9.80. The largest absolute Gasteiger partial charge is 0.481 e. The van der Waals surface area contributed by atoms with Crippen LogP contribution in [0.4, 0.5) is 0 Å². The number of fused-ring (bicyclic) bond motifs is 1. The molecule has 0 saturated carbocycles. The van der Waals surface area contributed by atoms with Gasteiger partial charge in [0.25, 0.3) is 0 Å². The summed E-state index contributed by atoms with van der Waals surface area (Å²) in [6.45, 7) is 10.9. The summed E-state index contributed by atoms with van der Waals surface area (Å²) in [4.78, 5) is 19.2. The van der Waals surface area contributed by atoms with E-state index in [1.165, 1.54) is 16.9 Å². The Labute approximate surface area is 202 Å². The van der Waals surface area contributed by atoms with Gasteiger partial charge in [0, 0.05) is 25.6 Å². The van der Waals surface area contributed by atoms with Gasteiger partial charge < -0.3 is 19.3 Å². The lowest BCUT2D eigenvalue weighted by Gasteiger charge is -2.32. The lowest BCUT2D eigenvalue weighted by Crippen LogP contribution is -2.35. The van der Waals surface area contributed by atoms with Gasteiger partial charge in [-0.05, 0) is 76.4 Å². The summed E-state index contributed by atoms with van der Waals surface area (Å²) >= 11 is 0. The number of para-hydroxylation sites is 2. The zero-order valence-corrected chi connectivity index (χ0v) is 20.7. The number of ether oxygens (including phenoxy) is 1. The third-order valence-electron chi connectivity index (χ3n) is 7.20. The molecule has 0 spiro atoms. The van der Waals surface area contributed by atoms with Crippen molar-refractivity contribution in [3.63, 3.8) is 0 Å². The molecule has 0 amide bonds. The van der Waals surface area contributed by atoms with E-state index in [1.807, 2.05) is 19.1 Å². The minimum Gasteiger partial charge on any atom is -0.481 e. The number of hydrogen-bond acceptors (Lipinski definition) is 4. The molecule has 0 unspecified atom stereocenters. The highest BCUT2D eigenvalue weighted by atomic mass is 16.5. The van der Waals surface area contributed by atoms with Crippen LogP contribution >= 0.6 is 0 Å². The molecule has 2 heterocycles. The van der Waals surface area contributed by atoms with Crippen molar-refractivity contribution < 1.29 is 14.6 Å². The first-order valence-corrected chi connectivity index (χ1v) is 12.5. The van der Waals surface area contributed by atoms with E-state index < -0.39 is 11.4 Å². The van der Waals surface area contributed by atoms with Gasteiger partial charge in [-0.3, -0.25) is 4.79 Å². The van der Waals surface area contributed by atoms with Crippen molar-refractivity contribution >= 4 is 17.0 Å². The smallest absolute Gasteiger partial charge is 0.313 e. The molecule has 0 radical (unpaired) electrons. The number of likely N-dealkylation sites (tertiary alicyclic amines) is 1. The van der Waals surface area contributed by atoms with Crippen molar-refractivity contribution in [3.8, 4) is 0 Å². The van der Waals surface area contributed by atoms with E-state index in [-0.39, 0.29) is 0 Å². The van der Waals surface area contributed by atoms with Gasteiger partial charge in [0.2, 0.25) is 0 Å². The van der Waals surface area contributed by atoms with E-state index >= 15 is 0 Å². The first-order valence-electron chi connectivity index (χ1n) is 12.5. The highest BCUT2D eigenvalue weighted by Crippen LogP contribution is 2.30. The lowest BCUT2D eigenvalue weighted by molar-refractivity contribution is -0.142. The maximum absolute atomic E-state index is 11.6. The molecule has 6 nitrogen and oxygen atoms in total. The molecule has 6 heteroatoms. The Hall–Kier alpha value is -2.70. The summed E-state index contributed by atoms with van der Waals surface area (Å²) in [5.41, 5.74) is 3.46. The first-order chi connectivity index (χ1) is 16.4. The SMILES string of the molecule is CCOCCn1c(C2CCN(CCc3cccc(C(C)(C)C(=O)O)c3)CC2)nc2ccccc21. The topological polar surface area (TPSA) is 67.6 Å². The van der Waals surface area contributed by atoms with Crippen molar-refractivity contribution in [2.75, 3.05) is 32.8 Å². The van der Waals surface area contributed by atoms with Gasteiger partial charge >= 0.3 is 5.97 Å². The van der Waals surface area contributed by atoms with Crippen molar-refractivity contribution in [2.24, 2.45) is 0 Å². The van der Waals surface area contributed by atoms with Crippen molar-refractivity contribution in [1.29, 1.82) is 0 Å². The number of piperidine rings is 1. The van der Waals surface area contributed by atoms with E-state index in [2.05, 4.69) is 45.9 Å². The monoisotopic (exact) mass is 463 g/mol. The lowest BCUT2D eigenvalue weighted by atomic mass is 9.84. The van der Waals surface area contributed by atoms with Crippen LogP contribution < -0.4 is 0 Å². The third kappa shape index (κ3) is 5.34. The fourth-order valence-electron chi connectivity index (χ4n) is 4.88. The van der Waals surface area contributed by atoms with Crippen LogP contribution in [-0.4, -0.2) is 58.4 Å². The second-order valence-electron chi connectivity index (χ2n) is 9.80. The third-order valence-corrected chi connectivity index (χ3v) is 7.20. The molecule has 182 valence electrons. The average Bonchev–Trinajstić information content (AvgIpc) is 3.22. The molecule has 1 fully saturated rings. The molecule has 0 atom stereocenters. The van der Waals surface area contributed by atoms with Crippen LogP contribution in [0.5, 0.6) is 0 Å². The molecule has 1 aliphatic heterocycles.